The minimum Gasteiger partial charge on any atom is -0.419 e. The normalized spacial score (nSPS) is 15.5. The lowest BCUT2D eigenvalue weighted by molar-refractivity contribution is -0.141. The molecule has 1 aliphatic heterocycles. The molecule has 0 atom stereocenters. The van der Waals surface area contributed by atoms with Gasteiger partial charge in [-0.1, -0.05) is 23.7 Å². The number of amides is 1. The maximum atomic E-state index is 12.8. The first kappa shape index (κ1) is 17.9. The highest BCUT2D eigenvalue weighted by atomic mass is 35.5. The van der Waals surface area contributed by atoms with Crippen molar-refractivity contribution < 1.29 is 13.9 Å². The van der Waals surface area contributed by atoms with E-state index in [1.165, 1.54) is 0 Å². The van der Waals surface area contributed by atoms with Crippen LogP contribution < -0.4 is 0 Å². The fourth-order valence-electron chi connectivity index (χ4n) is 2.90. The Hall–Kier alpha value is -1.92. The highest BCUT2D eigenvalue weighted by molar-refractivity contribution is 6.33. The third-order valence-electron chi connectivity index (χ3n) is 4.35. The SMILES string of the molecule is CC(C)N(Cc1nnc(-c2ccccc2Cl)o1)C(=O)C1CCOCC1. The number of rotatable bonds is 5. The van der Waals surface area contributed by atoms with Gasteiger partial charge in [-0.25, -0.2) is 0 Å². The number of carbonyl (C=O) groups excluding carboxylic acids is 1. The molecule has 0 bridgehead atoms. The van der Waals surface area contributed by atoms with Gasteiger partial charge in [-0.15, -0.1) is 10.2 Å². The molecule has 2 heterocycles. The molecule has 1 aliphatic rings. The van der Waals surface area contributed by atoms with Crippen LogP contribution in [0.15, 0.2) is 28.7 Å². The molecule has 3 rings (SSSR count). The van der Waals surface area contributed by atoms with Gasteiger partial charge in [0.2, 0.25) is 17.7 Å². The minimum atomic E-state index is 0.00195. The molecule has 1 saturated heterocycles. The Bertz CT molecular complexity index is 726. The van der Waals surface area contributed by atoms with E-state index in [0.29, 0.717) is 42.1 Å². The number of ether oxygens (including phenoxy) is 1. The summed E-state index contributed by atoms with van der Waals surface area (Å²) in [6.07, 6.45) is 1.52. The molecule has 0 aliphatic carbocycles. The molecule has 0 unspecified atom stereocenters. The zero-order chi connectivity index (χ0) is 17.8. The van der Waals surface area contributed by atoms with Crippen molar-refractivity contribution in [3.05, 3.63) is 35.2 Å². The molecule has 0 N–H and O–H groups in total. The lowest BCUT2D eigenvalue weighted by Gasteiger charge is -2.31. The summed E-state index contributed by atoms with van der Waals surface area (Å²) in [5.41, 5.74) is 0.690. The van der Waals surface area contributed by atoms with Gasteiger partial charge in [0.25, 0.3) is 0 Å². The quantitative estimate of drug-likeness (QED) is 0.812. The second-order valence-corrected chi connectivity index (χ2v) is 6.83. The fourth-order valence-corrected chi connectivity index (χ4v) is 3.12. The molecule has 1 amide bonds. The summed E-state index contributed by atoms with van der Waals surface area (Å²) in [6.45, 7) is 5.55. The van der Waals surface area contributed by atoms with Crippen molar-refractivity contribution in [2.45, 2.75) is 39.3 Å². The number of hydrogen-bond acceptors (Lipinski definition) is 5. The van der Waals surface area contributed by atoms with E-state index in [4.69, 9.17) is 20.8 Å². The summed E-state index contributed by atoms with van der Waals surface area (Å²) in [6, 6.07) is 7.35. The van der Waals surface area contributed by atoms with Gasteiger partial charge in [-0.3, -0.25) is 4.79 Å². The highest BCUT2D eigenvalue weighted by Gasteiger charge is 2.29. The lowest BCUT2D eigenvalue weighted by atomic mass is 9.98. The van der Waals surface area contributed by atoms with Crippen LogP contribution in [0.4, 0.5) is 0 Å². The van der Waals surface area contributed by atoms with Crippen LogP contribution in [-0.4, -0.2) is 40.3 Å². The fraction of sp³-hybridized carbons (Fsp3) is 0.500. The predicted molar refractivity (Wildman–Crippen MR) is 94.0 cm³/mol. The monoisotopic (exact) mass is 363 g/mol. The van der Waals surface area contributed by atoms with Gasteiger partial charge in [0.15, 0.2) is 0 Å². The first-order valence-electron chi connectivity index (χ1n) is 8.51. The number of halogens is 1. The molecule has 0 saturated carbocycles. The molecular formula is C18H22ClN3O3. The number of benzene rings is 1. The van der Waals surface area contributed by atoms with Crippen LogP contribution in [0.5, 0.6) is 0 Å². The van der Waals surface area contributed by atoms with E-state index in [1.54, 1.807) is 11.0 Å². The van der Waals surface area contributed by atoms with Gasteiger partial charge >= 0.3 is 0 Å². The summed E-state index contributed by atoms with van der Waals surface area (Å²) < 4.78 is 11.1. The Balaban J connectivity index is 1.75. The third-order valence-corrected chi connectivity index (χ3v) is 4.68. The maximum absolute atomic E-state index is 12.8. The second kappa shape index (κ2) is 7.97. The van der Waals surface area contributed by atoms with Crippen LogP contribution in [0.3, 0.4) is 0 Å². The predicted octanol–water partition coefficient (Wildman–Crippen LogP) is 3.55. The van der Waals surface area contributed by atoms with Crippen LogP contribution in [0.25, 0.3) is 11.5 Å². The van der Waals surface area contributed by atoms with Crippen molar-refractivity contribution >= 4 is 17.5 Å². The van der Waals surface area contributed by atoms with E-state index < -0.39 is 0 Å². The highest BCUT2D eigenvalue weighted by Crippen LogP contribution is 2.27. The number of hydrogen-bond donors (Lipinski definition) is 0. The molecule has 2 aromatic rings. The van der Waals surface area contributed by atoms with Crippen molar-refractivity contribution in [1.29, 1.82) is 0 Å². The zero-order valence-electron chi connectivity index (χ0n) is 14.4. The summed E-state index contributed by atoms with van der Waals surface area (Å²) in [5.74, 6) is 0.893. The summed E-state index contributed by atoms with van der Waals surface area (Å²) in [7, 11) is 0. The largest absolute Gasteiger partial charge is 0.419 e. The smallest absolute Gasteiger partial charge is 0.249 e. The first-order valence-corrected chi connectivity index (χ1v) is 8.89. The topological polar surface area (TPSA) is 68.5 Å². The molecule has 134 valence electrons. The maximum Gasteiger partial charge on any atom is 0.249 e. The minimum absolute atomic E-state index is 0.00195. The van der Waals surface area contributed by atoms with Gasteiger partial charge < -0.3 is 14.1 Å². The third kappa shape index (κ3) is 4.19. The van der Waals surface area contributed by atoms with Crippen molar-refractivity contribution in [1.82, 2.24) is 15.1 Å². The molecule has 1 aromatic carbocycles. The number of aromatic nitrogens is 2. The van der Waals surface area contributed by atoms with Crippen LogP contribution in [0, 0.1) is 5.92 Å². The van der Waals surface area contributed by atoms with Gasteiger partial charge in [0.1, 0.15) is 0 Å². The number of nitrogens with zero attached hydrogens (tertiary/aromatic N) is 3. The number of carbonyl (C=O) groups is 1. The summed E-state index contributed by atoms with van der Waals surface area (Å²) in [4.78, 5) is 14.6. The van der Waals surface area contributed by atoms with Crippen LogP contribution in [-0.2, 0) is 16.1 Å². The van der Waals surface area contributed by atoms with Crippen LogP contribution >= 0.6 is 11.6 Å². The van der Waals surface area contributed by atoms with Gasteiger partial charge in [0.05, 0.1) is 17.1 Å². The van der Waals surface area contributed by atoms with Gasteiger partial charge in [-0.2, -0.15) is 0 Å². The van der Waals surface area contributed by atoms with E-state index >= 15 is 0 Å². The van der Waals surface area contributed by atoms with Crippen molar-refractivity contribution in [3.63, 3.8) is 0 Å². The first-order chi connectivity index (χ1) is 12.1. The second-order valence-electron chi connectivity index (χ2n) is 6.43. The Kier molecular flexibility index (Phi) is 5.71. The van der Waals surface area contributed by atoms with E-state index in [-0.39, 0.29) is 17.9 Å². The average molecular weight is 364 g/mol. The Morgan fingerprint density at radius 2 is 2.00 bits per heavy atom. The zero-order valence-corrected chi connectivity index (χ0v) is 15.2. The Morgan fingerprint density at radius 3 is 2.68 bits per heavy atom. The molecule has 25 heavy (non-hydrogen) atoms. The molecule has 0 spiro atoms. The molecule has 7 heteroatoms. The van der Waals surface area contributed by atoms with Crippen LogP contribution in [0.1, 0.15) is 32.6 Å². The van der Waals surface area contributed by atoms with E-state index in [1.807, 2.05) is 32.0 Å². The molecule has 1 fully saturated rings. The standard InChI is InChI=1S/C18H22ClN3O3/c1-12(2)22(18(23)13-7-9-24-10-8-13)11-16-20-21-17(25-16)14-5-3-4-6-15(14)19/h3-6,12-13H,7-11H2,1-2H3. The van der Waals surface area contributed by atoms with E-state index in [9.17, 15) is 4.79 Å². The summed E-state index contributed by atoms with van der Waals surface area (Å²) in [5, 5.41) is 8.71. The van der Waals surface area contributed by atoms with Crippen molar-refractivity contribution in [2.75, 3.05) is 13.2 Å². The van der Waals surface area contributed by atoms with Crippen molar-refractivity contribution in [3.8, 4) is 11.5 Å². The lowest BCUT2D eigenvalue weighted by Crippen LogP contribution is -2.42. The molecule has 0 radical (unpaired) electrons. The summed E-state index contributed by atoms with van der Waals surface area (Å²) >= 11 is 6.17. The van der Waals surface area contributed by atoms with Gasteiger partial charge in [0, 0.05) is 25.2 Å². The Morgan fingerprint density at radius 1 is 1.28 bits per heavy atom. The molecular weight excluding hydrogens is 342 g/mol. The van der Waals surface area contributed by atoms with Crippen LogP contribution in [0.2, 0.25) is 5.02 Å². The molecule has 1 aromatic heterocycles. The van der Waals surface area contributed by atoms with E-state index in [2.05, 4.69) is 10.2 Å². The van der Waals surface area contributed by atoms with Crippen molar-refractivity contribution in [2.24, 2.45) is 5.92 Å². The van der Waals surface area contributed by atoms with E-state index in [0.717, 1.165) is 12.8 Å². The average Bonchev–Trinajstić information content (AvgIpc) is 3.08. The molecule has 6 nitrogen and oxygen atoms in total. The Labute approximate surface area is 152 Å². The van der Waals surface area contributed by atoms with Gasteiger partial charge in [-0.05, 0) is 38.8 Å².